The summed E-state index contributed by atoms with van der Waals surface area (Å²) in [4.78, 5) is 24.3. The lowest BCUT2D eigenvalue weighted by Gasteiger charge is -2.09. The molecule has 1 amide bonds. The second-order valence-electron chi connectivity index (χ2n) is 6.22. The third kappa shape index (κ3) is 4.21. The number of H-pyrrole nitrogens is 1. The Morgan fingerprint density at radius 2 is 1.83 bits per heavy atom. The van der Waals surface area contributed by atoms with E-state index in [1.54, 1.807) is 24.3 Å². The third-order valence-corrected chi connectivity index (χ3v) is 5.35. The van der Waals surface area contributed by atoms with Crippen molar-refractivity contribution in [2.45, 2.75) is 0 Å². The molecule has 2 aromatic heterocycles. The lowest BCUT2D eigenvalue weighted by atomic mass is 10.1. The SMILES string of the molecule is COc1cc2nc(Nc3c(Cl)cncc3Cl)[nH]c2cc1C(=O)Nc1ccc(Br)cc1. The maximum atomic E-state index is 12.8. The van der Waals surface area contributed by atoms with Gasteiger partial charge in [-0.15, -0.1) is 0 Å². The summed E-state index contributed by atoms with van der Waals surface area (Å²) in [6.45, 7) is 0. The van der Waals surface area contributed by atoms with Crippen LogP contribution in [0.1, 0.15) is 10.4 Å². The summed E-state index contributed by atoms with van der Waals surface area (Å²) in [5.41, 5.74) is 2.76. The Bertz CT molecular complexity index is 1220. The monoisotopic (exact) mass is 505 g/mol. The Morgan fingerprint density at radius 1 is 1.13 bits per heavy atom. The van der Waals surface area contributed by atoms with Crippen LogP contribution in [0.4, 0.5) is 17.3 Å². The van der Waals surface area contributed by atoms with Crippen molar-refractivity contribution < 1.29 is 9.53 Å². The number of anilines is 3. The van der Waals surface area contributed by atoms with E-state index in [1.807, 2.05) is 12.1 Å². The molecule has 0 saturated carbocycles. The fourth-order valence-corrected chi connectivity index (χ4v) is 3.55. The quantitative estimate of drug-likeness (QED) is 0.307. The van der Waals surface area contributed by atoms with Gasteiger partial charge in [0.25, 0.3) is 5.91 Å². The number of rotatable bonds is 5. The van der Waals surface area contributed by atoms with Gasteiger partial charge in [0.15, 0.2) is 0 Å². The highest BCUT2D eigenvalue weighted by Gasteiger charge is 2.17. The predicted octanol–water partition coefficient (Wildman–Crippen LogP) is 6.03. The molecule has 10 heteroatoms. The molecule has 0 unspecified atom stereocenters. The summed E-state index contributed by atoms with van der Waals surface area (Å²) < 4.78 is 6.33. The number of methoxy groups -OCH3 is 1. The molecule has 0 aliphatic carbocycles. The zero-order valence-corrected chi connectivity index (χ0v) is 18.6. The number of ether oxygens (including phenoxy) is 1. The number of aromatic amines is 1. The first-order valence-corrected chi connectivity index (χ1v) is 10.2. The van der Waals surface area contributed by atoms with E-state index < -0.39 is 0 Å². The summed E-state index contributed by atoms with van der Waals surface area (Å²) in [5.74, 6) is 0.503. The largest absolute Gasteiger partial charge is 0.496 e. The molecule has 0 radical (unpaired) electrons. The number of imidazole rings is 1. The molecule has 0 aliphatic heterocycles. The Balaban J connectivity index is 1.66. The first-order chi connectivity index (χ1) is 14.4. The van der Waals surface area contributed by atoms with E-state index in [4.69, 9.17) is 27.9 Å². The van der Waals surface area contributed by atoms with Gasteiger partial charge in [0.2, 0.25) is 5.95 Å². The predicted molar refractivity (Wildman–Crippen MR) is 122 cm³/mol. The van der Waals surface area contributed by atoms with Gasteiger partial charge >= 0.3 is 0 Å². The molecule has 0 aliphatic rings. The van der Waals surface area contributed by atoms with Crippen LogP contribution >= 0.6 is 39.1 Å². The lowest BCUT2D eigenvalue weighted by Crippen LogP contribution is -2.13. The van der Waals surface area contributed by atoms with Crippen molar-refractivity contribution in [2.24, 2.45) is 0 Å². The van der Waals surface area contributed by atoms with E-state index in [0.717, 1.165) is 4.47 Å². The highest BCUT2D eigenvalue weighted by molar-refractivity contribution is 9.10. The number of amides is 1. The van der Waals surface area contributed by atoms with Crippen LogP contribution in [0, 0.1) is 0 Å². The van der Waals surface area contributed by atoms with Gasteiger partial charge in [0.1, 0.15) is 5.75 Å². The van der Waals surface area contributed by atoms with E-state index in [9.17, 15) is 4.79 Å². The van der Waals surface area contributed by atoms with Gasteiger partial charge in [-0.05, 0) is 30.3 Å². The van der Waals surface area contributed by atoms with E-state index in [-0.39, 0.29) is 5.91 Å². The smallest absolute Gasteiger partial charge is 0.259 e. The minimum Gasteiger partial charge on any atom is -0.496 e. The van der Waals surface area contributed by atoms with Crippen LogP contribution in [0.25, 0.3) is 11.0 Å². The molecule has 0 spiro atoms. The fourth-order valence-electron chi connectivity index (χ4n) is 2.82. The molecule has 7 nitrogen and oxygen atoms in total. The summed E-state index contributed by atoms with van der Waals surface area (Å²) in [7, 11) is 1.50. The zero-order valence-electron chi connectivity index (χ0n) is 15.5. The van der Waals surface area contributed by atoms with Crippen molar-refractivity contribution in [3.05, 3.63) is 68.9 Å². The van der Waals surface area contributed by atoms with Gasteiger partial charge in [-0.2, -0.15) is 0 Å². The number of carbonyl (C=O) groups is 1. The first-order valence-electron chi connectivity index (χ1n) is 8.65. The minimum absolute atomic E-state index is 0.305. The molecular weight excluding hydrogens is 493 g/mol. The van der Waals surface area contributed by atoms with E-state index in [0.29, 0.717) is 49.7 Å². The van der Waals surface area contributed by atoms with E-state index in [1.165, 1.54) is 19.5 Å². The van der Waals surface area contributed by atoms with Crippen molar-refractivity contribution in [2.75, 3.05) is 17.7 Å². The Kier molecular flexibility index (Phi) is 5.80. The second kappa shape index (κ2) is 8.51. The summed E-state index contributed by atoms with van der Waals surface area (Å²) >= 11 is 15.7. The average molecular weight is 507 g/mol. The molecule has 0 atom stereocenters. The molecule has 4 aromatic rings. The number of pyridine rings is 1. The number of nitrogens with one attached hydrogen (secondary N) is 3. The van der Waals surface area contributed by atoms with Gasteiger partial charge in [0, 0.05) is 28.6 Å². The van der Waals surface area contributed by atoms with Crippen molar-refractivity contribution in [3.63, 3.8) is 0 Å². The van der Waals surface area contributed by atoms with Gasteiger partial charge in [-0.3, -0.25) is 9.78 Å². The van der Waals surface area contributed by atoms with Crippen LogP contribution in [0.15, 0.2) is 53.3 Å². The summed E-state index contributed by atoms with van der Waals surface area (Å²) in [5, 5.41) is 6.61. The normalized spacial score (nSPS) is 10.8. The number of halogens is 3. The molecule has 4 rings (SSSR count). The van der Waals surface area contributed by atoms with Gasteiger partial charge < -0.3 is 20.4 Å². The Morgan fingerprint density at radius 3 is 2.50 bits per heavy atom. The molecule has 2 aromatic carbocycles. The van der Waals surface area contributed by atoms with Gasteiger partial charge in [0.05, 0.1) is 39.4 Å². The number of carbonyl (C=O) groups excluding carboxylic acids is 1. The van der Waals surface area contributed by atoms with Crippen molar-refractivity contribution in [1.29, 1.82) is 0 Å². The van der Waals surface area contributed by atoms with Crippen LogP contribution in [0.3, 0.4) is 0 Å². The molecule has 0 fully saturated rings. The molecule has 30 heavy (non-hydrogen) atoms. The molecule has 3 N–H and O–H groups in total. The number of benzene rings is 2. The zero-order chi connectivity index (χ0) is 21.3. The minimum atomic E-state index is -0.305. The maximum Gasteiger partial charge on any atom is 0.259 e. The van der Waals surface area contributed by atoms with Gasteiger partial charge in [-0.25, -0.2) is 4.98 Å². The van der Waals surface area contributed by atoms with Crippen LogP contribution < -0.4 is 15.4 Å². The number of hydrogen-bond donors (Lipinski definition) is 3. The standard InChI is InChI=1S/C20H14BrCl2N5O2/c1-30-17-7-16-15(6-12(17)19(29)25-11-4-2-10(21)3-5-11)26-20(27-16)28-18-13(22)8-24-9-14(18)23/h2-9H,1H3,(H,25,29)(H2,24,26,27,28). The highest BCUT2D eigenvalue weighted by atomic mass is 79.9. The summed E-state index contributed by atoms with van der Waals surface area (Å²) in [6, 6.07) is 10.6. The maximum absolute atomic E-state index is 12.8. The van der Waals surface area contributed by atoms with Crippen LogP contribution in [0.5, 0.6) is 5.75 Å². The lowest BCUT2D eigenvalue weighted by molar-refractivity contribution is 0.102. The van der Waals surface area contributed by atoms with E-state index in [2.05, 4.69) is 41.5 Å². The molecule has 2 heterocycles. The number of nitrogens with zero attached hydrogens (tertiary/aromatic N) is 2. The van der Waals surface area contributed by atoms with Gasteiger partial charge in [-0.1, -0.05) is 39.1 Å². The Hall–Kier alpha value is -2.81. The van der Waals surface area contributed by atoms with Crippen molar-refractivity contribution in [1.82, 2.24) is 15.0 Å². The van der Waals surface area contributed by atoms with Crippen LogP contribution in [-0.4, -0.2) is 28.0 Å². The van der Waals surface area contributed by atoms with Crippen LogP contribution in [-0.2, 0) is 0 Å². The fraction of sp³-hybridized carbons (Fsp3) is 0.0500. The average Bonchev–Trinajstić information content (AvgIpc) is 3.13. The number of fused-ring (bicyclic) bond motifs is 1. The van der Waals surface area contributed by atoms with Crippen molar-refractivity contribution >= 4 is 73.4 Å². The summed E-state index contributed by atoms with van der Waals surface area (Å²) in [6.07, 6.45) is 2.96. The topological polar surface area (TPSA) is 91.9 Å². The number of aromatic nitrogens is 3. The highest BCUT2D eigenvalue weighted by Crippen LogP contribution is 2.32. The Labute approximate surface area is 189 Å². The van der Waals surface area contributed by atoms with Crippen molar-refractivity contribution in [3.8, 4) is 5.75 Å². The number of hydrogen-bond acceptors (Lipinski definition) is 5. The van der Waals surface area contributed by atoms with Crippen LogP contribution in [0.2, 0.25) is 10.0 Å². The molecule has 0 bridgehead atoms. The third-order valence-electron chi connectivity index (χ3n) is 4.25. The molecule has 152 valence electrons. The second-order valence-corrected chi connectivity index (χ2v) is 7.95. The molecular formula is C20H14BrCl2N5O2. The first kappa shape index (κ1) is 20.5. The van der Waals surface area contributed by atoms with E-state index >= 15 is 0 Å². The molecule has 0 saturated heterocycles.